The quantitative estimate of drug-likeness (QED) is 0.669. The molecule has 6 heteroatoms. The van der Waals surface area contributed by atoms with Crippen molar-refractivity contribution < 1.29 is 24.1 Å². The Morgan fingerprint density at radius 2 is 2.15 bits per heavy atom. The highest BCUT2D eigenvalue weighted by Gasteiger charge is 2.21. The zero-order chi connectivity index (χ0) is 9.42. The normalized spacial score (nSPS) is 14.8. The van der Waals surface area contributed by atoms with Crippen molar-refractivity contribution in [1.29, 1.82) is 0 Å². The van der Waals surface area contributed by atoms with Crippen molar-refractivity contribution in [1.82, 2.24) is 0 Å². The summed E-state index contributed by atoms with van der Waals surface area (Å²) in [4.78, 5) is 10.5. The first-order valence-corrected chi connectivity index (χ1v) is 4.19. The summed E-state index contributed by atoms with van der Waals surface area (Å²) in [6.45, 7) is 0. The molecule has 1 unspecified atom stereocenters. The highest BCUT2D eigenvalue weighted by Crippen LogP contribution is 2.48. The lowest BCUT2D eigenvalue weighted by atomic mass is 10.2. The molecule has 2 N–H and O–H groups in total. The molecule has 0 aliphatic carbocycles. The van der Waals surface area contributed by atoms with E-state index in [1.54, 1.807) is 0 Å². The maximum Gasteiger partial charge on any atom is 0.335 e. The van der Waals surface area contributed by atoms with Crippen LogP contribution in [-0.4, -0.2) is 16.2 Å². The predicted octanol–water partition coefficient (Wildman–Crippen LogP) is 1.37. The summed E-state index contributed by atoms with van der Waals surface area (Å²) in [5.74, 6) is -0.837. The lowest BCUT2D eigenvalue weighted by Crippen LogP contribution is -1.95. The van der Waals surface area contributed by atoms with Gasteiger partial charge in [0.1, 0.15) is 0 Å². The minimum Gasteiger partial charge on any atom is -0.504 e. The van der Waals surface area contributed by atoms with Crippen LogP contribution < -0.4 is 9.05 Å². The van der Waals surface area contributed by atoms with Gasteiger partial charge in [-0.1, -0.05) is 0 Å². The van der Waals surface area contributed by atoms with Crippen molar-refractivity contribution in [2.75, 3.05) is 0 Å². The third kappa shape index (κ3) is 1.27. The van der Waals surface area contributed by atoms with Gasteiger partial charge in [0.15, 0.2) is 11.5 Å². The number of carboxylic acids is 1. The summed E-state index contributed by atoms with van der Waals surface area (Å²) in [5, 5.41) is 17.9. The molecule has 1 aliphatic rings. The Morgan fingerprint density at radius 1 is 1.38 bits per heavy atom. The molecular weight excluding hydrogens is 195 g/mol. The first-order chi connectivity index (χ1) is 6.18. The lowest BCUT2D eigenvalue weighted by molar-refractivity contribution is 0.0696. The van der Waals surface area contributed by atoms with E-state index < -0.39 is 5.97 Å². The minimum absolute atomic E-state index is 0.0217. The van der Waals surface area contributed by atoms with Gasteiger partial charge in [0.2, 0.25) is 5.75 Å². The van der Waals surface area contributed by atoms with Crippen LogP contribution in [0, 0.1) is 0 Å². The molecule has 0 spiro atoms. The van der Waals surface area contributed by atoms with Crippen molar-refractivity contribution in [3.05, 3.63) is 17.7 Å². The molecule has 1 atom stereocenters. The summed E-state index contributed by atoms with van der Waals surface area (Å²) in [6.07, 6.45) is 0. The second kappa shape index (κ2) is 2.78. The van der Waals surface area contributed by atoms with E-state index in [-0.39, 0.29) is 31.8 Å². The van der Waals surface area contributed by atoms with Gasteiger partial charge in [-0.3, -0.25) is 0 Å². The molecule has 0 amide bonds. The van der Waals surface area contributed by atoms with Crippen molar-refractivity contribution >= 4 is 15.0 Å². The van der Waals surface area contributed by atoms with Crippen LogP contribution in [-0.2, 0) is 0 Å². The van der Waals surface area contributed by atoms with Gasteiger partial charge in [-0.25, -0.2) is 4.79 Å². The molecule has 1 aliphatic heterocycles. The zero-order valence-electron chi connectivity index (χ0n) is 6.27. The topological polar surface area (TPSA) is 76.0 Å². The summed E-state index contributed by atoms with van der Waals surface area (Å²) in [6, 6.07) is 2.44. The molecular formula is C7H5O5P. The Morgan fingerprint density at radius 3 is 2.85 bits per heavy atom. The number of rotatable bonds is 1. The van der Waals surface area contributed by atoms with E-state index in [1.165, 1.54) is 6.07 Å². The Balaban J connectivity index is 2.55. The highest BCUT2D eigenvalue weighted by molar-refractivity contribution is 7.27. The first-order valence-electron chi connectivity index (χ1n) is 3.37. The van der Waals surface area contributed by atoms with Crippen molar-refractivity contribution in [3.8, 4) is 17.2 Å². The number of aromatic carboxylic acids is 1. The van der Waals surface area contributed by atoms with E-state index in [2.05, 4.69) is 0 Å². The zero-order valence-corrected chi connectivity index (χ0v) is 7.27. The molecule has 1 aromatic carbocycles. The summed E-state index contributed by atoms with van der Waals surface area (Å²) in [7, 11) is -0.220. The van der Waals surface area contributed by atoms with Crippen LogP contribution in [0.4, 0.5) is 0 Å². The molecule has 5 nitrogen and oxygen atoms in total. The lowest BCUT2D eigenvalue weighted by Gasteiger charge is -2.00. The van der Waals surface area contributed by atoms with Crippen LogP contribution in [0.15, 0.2) is 12.1 Å². The molecule has 0 aromatic heterocycles. The third-order valence-corrected chi connectivity index (χ3v) is 2.17. The largest absolute Gasteiger partial charge is 0.504 e. The van der Waals surface area contributed by atoms with Crippen LogP contribution in [0.1, 0.15) is 10.4 Å². The third-order valence-electron chi connectivity index (χ3n) is 1.58. The van der Waals surface area contributed by atoms with Gasteiger partial charge < -0.3 is 19.3 Å². The summed E-state index contributed by atoms with van der Waals surface area (Å²) >= 11 is 0. The molecule has 2 rings (SSSR count). The van der Waals surface area contributed by atoms with Crippen LogP contribution in [0.2, 0.25) is 0 Å². The molecule has 0 saturated carbocycles. The number of hydrogen-bond donors (Lipinski definition) is 2. The Kier molecular flexibility index (Phi) is 1.74. The summed E-state index contributed by atoms with van der Waals surface area (Å²) < 4.78 is 9.88. The van der Waals surface area contributed by atoms with Gasteiger partial charge in [0.25, 0.3) is 9.03 Å². The van der Waals surface area contributed by atoms with Gasteiger partial charge in [-0.05, 0) is 12.1 Å². The number of phenols is 1. The predicted molar refractivity (Wildman–Crippen MR) is 44.6 cm³/mol. The van der Waals surface area contributed by atoms with E-state index in [1.807, 2.05) is 0 Å². The van der Waals surface area contributed by atoms with E-state index in [9.17, 15) is 9.90 Å². The van der Waals surface area contributed by atoms with Crippen molar-refractivity contribution in [2.24, 2.45) is 0 Å². The molecule has 0 bridgehead atoms. The fourth-order valence-corrected chi connectivity index (χ4v) is 1.57. The SMILES string of the molecule is O=C(O)c1cc(O)c2c(c1)OPO2. The monoisotopic (exact) mass is 200 g/mol. The standard InChI is InChI=1S/C7H5O5P/c8-4-1-3(7(9)10)2-5-6(4)12-13-11-5/h1-2,8,13H,(H,9,10). The molecule has 1 heterocycles. The van der Waals surface area contributed by atoms with Gasteiger partial charge >= 0.3 is 5.97 Å². The van der Waals surface area contributed by atoms with Crippen LogP contribution in [0.25, 0.3) is 0 Å². The minimum atomic E-state index is -1.11. The number of aromatic hydroxyl groups is 1. The highest BCUT2D eigenvalue weighted by atomic mass is 31.1. The summed E-state index contributed by atoms with van der Waals surface area (Å²) in [5.41, 5.74) is -0.0217. The van der Waals surface area contributed by atoms with Crippen LogP contribution in [0.3, 0.4) is 0 Å². The maximum atomic E-state index is 10.5. The van der Waals surface area contributed by atoms with E-state index >= 15 is 0 Å². The van der Waals surface area contributed by atoms with Gasteiger partial charge in [0, 0.05) is 0 Å². The molecule has 0 saturated heterocycles. The Hall–Kier alpha value is -1.48. The number of carbonyl (C=O) groups is 1. The molecule has 13 heavy (non-hydrogen) atoms. The van der Waals surface area contributed by atoms with Crippen molar-refractivity contribution in [2.45, 2.75) is 0 Å². The van der Waals surface area contributed by atoms with Crippen molar-refractivity contribution in [3.63, 3.8) is 0 Å². The van der Waals surface area contributed by atoms with E-state index in [0.29, 0.717) is 0 Å². The maximum absolute atomic E-state index is 10.5. The second-order valence-corrected chi connectivity index (χ2v) is 2.99. The van der Waals surface area contributed by atoms with Gasteiger partial charge in [-0.15, -0.1) is 0 Å². The Labute approximate surface area is 74.9 Å². The van der Waals surface area contributed by atoms with Crippen LogP contribution in [0.5, 0.6) is 17.2 Å². The fraction of sp³-hybridized carbons (Fsp3) is 0. The fourth-order valence-electron chi connectivity index (χ4n) is 0.997. The van der Waals surface area contributed by atoms with Gasteiger partial charge in [0.05, 0.1) is 5.56 Å². The number of hydrogen-bond acceptors (Lipinski definition) is 4. The average molecular weight is 200 g/mol. The number of carboxylic acid groups (broad SMARTS) is 1. The smallest absolute Gasteiger partial charge is 0.335 e. The van der Waals surface area contributed by atoms with Crippen LogP contribution >= 0.6 is 9.03 Å². The molecule has 0 fully saturated rings. The molecule has 0 radical (unpaired) electrons. The number of phenolic OH excluding ortho intramolecular Hbond substituents is 1. The first kappa shape index (κ1) is 8.13. The van der Waals surface area contributed by atoms with E-state index in [4.69, 9.17) is 14.2 Å². The molecule has 1 aromatic rings. The average Bonchev–Trinajstić information content (AvgIpc) is 2.51. The number of fused-ring (bicyclic) bond motifs is 1. The molecule has 68 valence electrons. The Bertz CT molecular complexity index is 375. The second-order valence-electron chi connectivity index (χ2n) is 2.42. The van der Waals surface area contributed by atoms with Gasteiger partial charge in [-0.2, -0.15) is 0 Å². The van der Waals surface area contributed by atoms with E-state index in [0.717, 1.165) is 6.07 Å². The number of benzene rings is 1.